The number of aryl methyl sites for hydroxylation is 1. The molecule has 1 heterocycles. The van der Waals surface area contributed by atoms with Gasteiger partial charge in [0, 0.05) is 6.07 Å². The summed E-state index contributed by atoms with van der Waals surface area (Å²) >= 11 is 0. The van der Waals surface area contributed by atoms with Crippen molar-refractivity contribution >= 4 is 45.4 Å². The molecule has 194 valence electrons. The SMILES string of the molecule is COc1cc(/C=C2\C(=O)NC(=O)N(c3cccc(C)c3)C2=O)ccc1OS(=O)(=O)c1ccccc1[N+](=O)[O-]. The van der Waals surface area contributed by atoms with Crippen molar-refractivity contribution in [1.29, 1.82) is 0 Å². The molecule has 1 saturated heterocycles. The Morgan fingerprint density at radius 3 is 2.39 bits per heavy atom. The number of carbonyl (C=O) groups is 3. The highest BCUT2D eigenvalue weighted by Crippen LogP contribution is 2.34. The lowest BCUT2D eigenvalue weighted by molar-refractivity contribution is -0.387. The first-order valence-electron chi connectivity index (χ1n) is 10.9. The normalized spacial score (nSPS) is 14.8. The molecule has 1 aliphatic heterocycles. The van der Waals surface area contributed by atoms with Gasteiger partial charge < -0.3 is 8.92 Å². The maximum absolute atomic E-state index is 13.1. The van der Waals surface area contributed by atoms with Gasteiger partial charge in [0.2, 0.25) is 0 Å². The van der Waals surface area contributed by atoms with Gasteiger partial charge in [-0.05, 0) is 54.5 Å². The number of benzene rings is 3. The lowest BCUT2D eigenvalue weighted by Crippen LogP contribution is -2.54. The molecule has 0 unspecified atom stereocenters. The number of amides is 4. The zero-order valence-electron chi connectivity index (χ0n) is 19.9. The molecule has 1 fully saturated rings. The van der Waals surface area contributed by atoms with Crippen LogP contribution in [-0.4, -0.2) is 38.3 Å². The minimum absolute atomic E-state index is 0.100. The molecule has 38 heavy (non-hydrogen) atoms. The predicted octanol–water partition coefficient (Wildman–Crippen LogP) is 3.35. The van der Waals surface area contributed by atoms with E-state index < -0.39 is 43.5 Å². The zero-order valence-corrected chi connectivity index (χ0v) is 20.7. The summed E-state index contributed by atoms with van der Waals surface area (Å²) in [6, 6.07) is 14.2. The molecule has 1 N–H and O–H groups in total. The molecule has 0 aromatic heterocycles. The number of barbiturate groups is 1. The largest absolute Gasteiger partial charge is 0.493 e. The summed E-state index contributed by atoms with van der Waals surface area (Å²) in [5.74, 6) is -2.16. The molecule has 0 spiro atoms. The minimum atomic E-state index is -4.63. The van der Waals surface area contributed by atoms with E-state index in [0.29, 0.717) is 0 Å². The molecule has 0 bridgehead atoms. The lowest BCUT2D eigenvalue weighted by Gasteiger charge is -2.26. The van der Waals surface area contributed by atoms with Crippen molar-refractivity contribution < 1.29 is 36.6 Å². The lowest BCUT2D eigenvalue weighted by atomic mass is 10.1. The van der Waals surface area contributed by atoms with Crippen molar-refractivity contribution in [3.05, 3.63) is 93.5 Å². The number of hydrogen-bond acceptors (Lipinski definition) is 9. The van der Waals surface area contributed by atoms with Gasteiger partial charge in [0.05, 0.1) is 17.7 Å². The standard InChI is InChI=1S/C25H19N3O9S/c1-15-6-5-7-17(12-15)27-24(30)18(23(29)26-25(27)31)13-16-10-11-20(21(14-16)36-2)37-38(34,35)22-9-4-3-8-19(22)28(32)33/h3-14H,1-2H3,(H,26,29,31)/b18-13+. The Hall–Kier alpha value is -5.04. The van der Waals surface area contributed by atoms with Crippen molar-refractivity contribution in [2.24, 2.45) is 0 Å². The summed E-state index contributed by atoms with van der Waals surface area (Å²) in [5, 5.41) is 13.4. The number of anilines is 1. The Kier molecular flexibility index (Phi) is 6.95. The summed E-state index contributed by atoms with van der Waals surface area (Å²) in [6.07, 6.45) is 1.20. The Morgan fingerprint density at radius 1 is 0.974 bits per heavy atom. The third kappa shape index (κ3) is 5.08. The molecule has 12 nitrogen and oxygen atoms in total. The molecule has 0 saturated carbocycles. The van der Waals surface area contributed by atoms with E-state index in [4.69, 9.17) is 8.92 Å². The van der Waals surface area contributed by atoms with Crippen molar-refractivity contribution in [2.75, 3.05) is 12.0 Å². The predicted molar refractivity (Wildman–Crippen MR) is 134 cm³/mol. The van der Waals surface area contributed by atoms with Crippen molar-refractivity contribution in [3.8, 4) is 11.5 Å². The Balaban J connectivity index is 1.68. The molecule has 13 heteroatoms. The van der Waals surface area contributed by atoms with Gasteiger partial charge in [0.1, 0.15) is 5.57 Å². The number of ether oxygens (including phenoxy) is 1. The van der Waals surface area contributed by atoms with E-state index in [1.165, 1.54) is 43.5 Å². The van der Waals surface area contributed by atoms with Crippen LogP contribution in [0.2, 0.25) is 0 Å². The molecule has 1 aliphatic rings. The fourth-order valence-corrected chi connectivity index (χ4v) is 4.76. The Morgan fingerprint density at radius 2 is 1.71 bits per heavy atom. The third-order valence-corrected chi connectivity index (χ3v) is 6.67. The van der Waals surface area contributed by atoms with Crippen LogP contribution in [0.4, 0.5) is 16.2 Å². The smallest absolute Gasteiger partial charge is 0.346 e. The van der Waals surface area contributed by atoms with E-state index in [9.17, 15) is 32.9 Å². The van der Waals surface area contributed by atoms with Crippen LogP contribution in [-0.2, 0) is 19.7 Å². The zero-order chi connectivity index (χ0) is 27.6. The minimum Gasteiger partial charge on any atom is -0.493 e. The molecule has 0 atom stereocenters. The van der Waals surface area contributed by atoms with Crippen LogP contribution in [0.3, 0.4) is 0 Å². The van der Waals surface area contributed by atoms with Gasteiger partial charge >= 0.3 is 16.1 Å². The second-order valence-corrected chi connectivity index (χ2v) is 9.48. The van der Waals surface area contributed by atoms with Crippen molar-refractivity contribution in [2.45, 2.75) is 11.8 Å². The molecule has 3 aromatic rings. The van der Waals surface area contributed by atoms with Crippen LogP contribution >= 0.6 is 0 Å². The van der Waals surface area contributed by atoms with Crippen LogP contribution in [0.5, 0.6) is 11.5 Å². The van der Waals surface area contributed by atoms with E-state index in [0.717, 1.165) is 22.6 Å². The summed E-state index contributed by atoms with van der Waals surface area (Å²) < 4.78 is 35.9. The Labute approximate surface area is 216 Å². The number of imide groups is 2. The monoisotopic (exact) mass is 537 g/mol. The number of para-hydroxylation sites is 1. The first-order chi connectivity index (χ1) is 18.0. The first-order valence-corrected chi connectivity index (χ1v) is 12.3. The highest BCUT2D eigenvalue weighted by molar-refractivity contribution is 7.87. The van der Waals surface area contributed by atoms with Gasteiger partial charge in [-0.3, -0.25) is 25.0 Å². The fourth-order valence-electron chi connectivity index (χ4n) is 3.65. The number of nitro groups is 1. The second kappa shape index (κ2) is 10.1. The third-order valence-electron chi connectivity index (χ3n) is 5.39. The van der Waals surface area contributed by atoms with Gasteiger partial charge in [0.15, 0.2) is 16.4 Å². The molecule has 4 rings (SSSR count). The molecule has 3 aromatic carbocycles. The van der Waals surface area contributed by atoms with Crippen LogP contribution in [0.15, 0.2) is 77.2 Å². The van der Waals surface area contributed by atoms with Crippen molar-refractivity contribution in [3.63, 3.8) is 0 Å². The van der Waals surface area contributed by atoms with E-state index in [1.807, 2.05) is 0 Å². The number of carbonyl (C=O) groups excluding carboxylic acids is 3. The maximum atomic E-state index is 13.1. The van der Waals surface area contributed by atoms with Crippen LogP contribution in [0, 0.1) is 17.0 Å². The fraction of sp³-hybridized carbons (Fsp3) is 0.0800. The topological polar surface area (TPSA) is 162 Å². The Bertz CT molecular complexity index is 1630. The number of urea groups is 1. The number of nitro benzene ring substituents is 1. The van der Waals surface area contributed by atoms with E-state index in [2.05, 4.69) is 5.32 Å². The number of nitrogens with zero attached hydrogens (tertiary/aromatic N) is 2. The van der Waals surface area contributed by atoms with Crippen LogP contribution in [0.25, 0.3) is 6.08 Å². The summed E-state index contributed by atoms with van der Waals surface area (Å²) in [5.41, 5.74) is 0.292. The molecule has 0 radical (unpaired) electrons. The number of hydrogen-bond donors (Lipinski definition) is 1. The average molecular weight is 538 g/mol. The number of rotatable bonds is 7. The van der Waals surface area contributed by atoms with Crippen molar-refractivity contribution in [1.82, 2.24) is 5.32 Å². The van der Waals surface area contributed by atoms with E-state index in [1.54, 1.807) is 31.2 Å². The van der Waals surface area contributed by atoms with E-state index in [-0.39, 0.29) is 28.3 Å². The van der Waals surface area contributed by atoms with Gasteiger partial charge in [-0.2, -0.15) is 8.42 Å². The van der Waals surface area contributed by atoms with Gasteiger partial charge in [-0.1, -0.05) is 30.3 Å². The second-order valence-electron chi connectivity index (χ2n) is 7.97. The van der Waals surface area contributed by atoms with E-state index >= 15 is 0 Å². The van der Waals surface area contributed by atoms with Crippen LogP contribution < -0.4 is 19.1 Å². The molecule has 4 amide bonds. The number of nitrogens with one attached hydrogen (secondary N) is 1. The van der Waals surface area contributed by atoms with Gasteiger partial charge in [-0.25, -0.2) is 9.69 Å². The van der Waals surface area contributed by atoms with Crippen LogP contribution in [0.1, 0.15) is 11.1 Å². The van der Waals surface area contributed by atoms with Gasteiger partial charge in [-0.15, -0.1) is 0 Å². The summed E-state index contributed by atoms with van der Waals surface area (Å²) in [6.45, 7) is 1.78. The average Bonchev–Trinajstić information content (AvgIpc) is 2.87. The number of methoxy groups -OCH3 is 1. The highest BCUT2D eigenvalue weighted by Gasteiger charge is 2.37. The highest BCUT2D eigenvalue weighted by atomic mass is 32.2. The summed E-state index contributed by atoms with van der Waals surface area (Å²) in [7, 11) is -3.40. The maximum Gasteiger partial charge on any atom is 0.346 e. The molecule has 0 aliphatic carbocycles. The molecular formula is C25H19N3O9S. The summed E-state index contributed by atoms with van der Waals surface area (Å²) in [4.78, 5) is 48.6. The quantitative estimate of drug-likeness (QED) is 0.157. The molecular weight excluding hydrogens is 518 g/mol. The van der Waals surface area contributed by atoms with Gasteiger partial charge in [0.25, 0.3) is 17.5 Å². The first kappa shape index (κ1) is 26.0.